The molecule has 0 aromatic carbocycles. The van der Waals surface area contributed by atoms with Crippen LogP contribution in [0.1, 0.15) is 32.3 Å². The number of aryl methyl sites for hydroxylation is 1. The molecule has 1 atom stereocenters. The fourth-order valence-electron chi connectivity index (χ4n) is 1.56. The SMILES string of the molecule is CCOC(=O)[C@H](C)CCCc1cccnc1. The first kappa shape index (κ1) is 12.7. The molecule has 0 N–H and O–H groups in total. The summed E-state index contributed by atoms with van der Waals surface area (Å²) in [5.41, 5.74) is 1.22. The fraction of sp³-hybridized carbons (Fsp3) is 0.538. The second-order valence-electron chi connectivity index (χ2n) is 3.91. The highest BCUT2D eigenvalue weighted by Crippen LogP contribution is 2.11. The van der Waals surface area contributed by atoms with E-state index in [2.05, 4.69) is 11.1 Å². The predicted molar refractivity (Wildman–Crippen MR) is 63.0 cm³/mol. The Hall–Kier alpha value is -1.38. The zero-order valence-electron chi connectivity index (χ0n) is 9.98. The molecule has 0 aliphatic rings. The predicted octanol–water partition coefficient (Wildman–Crippen LogP) is 2.60. The van der Waals surface area contributed by atoms with Crippen molar-refractivity contribution in [1.29, 1.82) is 0 Å². The standard InChI is InChI=1S/C13H19NO2/c1-3-16-13(15)11(2)6-4-7-12-8-5-9-14-10-12/h5,8-11H,3-4,6-7H2,1-2H3/t11-/m1/s1. The number of carbonyl (C=O) groups excluding carboxylic acids is 1. The maximum atomic E-state index is 11.4. The van der Waals surface area contributed by atoms with Gasteiger partial charge in [-0.1, -0.05) is 13.0 Å². The van der Waals surface area contributed by atoms with Crippen molar-refractivity contribution in [2.75, 3.05) is 6.61 Å². The third-order valence-electron chi connectivity index (χ3n) is 2.51. The fourth-order valence-corrected chi connectivity index (χ4v) is 1.56. The van der Waals surface area contributed by atoms with E-state index in [0.29, 0.717) is 6.61 Å². The van der Waals surface area contributed by atoms with Gasteiger partial charge in [0, 0.05) is 12.4 Å². The number of pyridine rings is 1. The maximum Gasteiger partial charge on any atom is 0.308 e. The number of aromatic nitrogens is 1. The van der Waals surface area contributed by atoms with E-state index in [0.717, 1.165) is 19.3 Å². The number of rotatable bonds is 6. The molecule has 0 fully saturated rings. The summed E-state index contributed by atoms with van der Waals surface area (Å²) in [6.45, 7) is 4.22. The summed E-state index contributed by atoms with van der Waals surface area (Å²) in [5, 5.41) is 0. The van der Waals surface area contributed by atoms with Gasteiger partial charge in [-0.05, 0) is 37.8 Å². The van der Waals surface area contributed by atoms with Crippen molar-refractivity contribution in [3.8, 4) is 0 Å². The Balaban J connectivity index is 2.23. The topological polar surface area (TPSA) is 39.2 Å². The Kier molecular flexibility index (Phi) is 5.54. The molecule has 0 aliphatic heterocycles. The van der Waals surface area contributed by atoms with Crippen LogP contribution in [-0.4, -0.2) is 17.6 Å². The third kappa shape index (κ3) is 4.43. The quantitative estimate of drug-likeness (QED) is 0.693. The van der Waals surface area contributed by atoms with Gasteiger partial charge in [0.1, 0.15) is 0 Å². The number of hydrogen-bond acceptors (Lipinski definition) is 3. The molecule has 16 heavy (non-hydrogen) atoms. The van der Waals surface area contributed by atoms with E-state index in [9.17, 15) is 4.79 Å². The van der Waals surface area contributed by atoms with Crippen LogP contribution in [0.3, 0.4) is 0 Å². The number of carbonyl (C=O) groups is 1. The second kappa shape index (κ2) is 6.99. The number of nitrogens with zero attached hydrogens (tertiary/aromatic N) is 1. The Morgan fingerprint density at radius 1 is 1.56 bits per heavy atom. The molecular formula is C13H19NO2. The highest BCUT2D eigenvalue weighted by molar-refractivity contribution is 5.71. The van der Waals surface area contributed by atoms with Crippen molar-refractivity contribution < 1.29 is 9.53 Å². The lowest BCUT2D eigenvalue weighted by Gasteiger charge is -2.09. The molecule has 0 radical (unpaired) electrons. The van der Waals surface area contributed by atoms with E-state index in [-0.39, 0.29) is 11.9 Å². The van der Waals surface area contributed by atoms with E-state index in [4.69, 9.17) is 4.74 Å². The smallest absolute Gasteiger partial charge is 0.308 e. The average molecular weight is 221 g/mol. The van der Waals surface area contributed by atoms with Crippen LogP contribution in [0.2, 0.25) is 0 Å². The summed E-state index contributed by atoms with van der Waals surface area (Å²) in [4.78, 5) is 15.4. The molecule has 0 aliphatic carbocycles. The van der Waals surface area contributed by atoms with E-state index in [1.54, 1.807) is 6.20 Å². The number of esters is 1. The van der Waals surface area contributed by atoms with Crippen molar-refractivity contribution >= 4 is 5.97 Å². The molecule has 3 nitrogen and oxygen atoms in total. The second-order valence-corrected chi connectivity index (χ2v) is 3.91. The lowest BCUT2D eigenvalue weighted by atomic mass is 10.0. The lowest BCUT2D eigenvalue weighted by molar-refractivity contribution is -0.147. The largest absolute Gasteiger partial charge is 0.466 e. The van der Waals surface area contributed by atoms with Crippen LogP contribution in [-0.2, 0) is 16.0 Å². The average Bonchev–Trinajstić information content (AvgIpc) is 2.30. The molecular weight excluding hydrogens is 202 g/mol. The molecule has 3 heteroatoms. The lowest BCUT2D eigenvalue weighted by Crippen LogP contribution is -2.14. The van der Waals surface area contributed by atoms with Crippen LogP contribution in [0.5, 0.6) is 0 Å². The summed E-state index contributed by atoms with van der Waals surface area (Å²) in [6.07, 6.45) is 6.47. The van der Waals surface area contributed by atoms with E-state index in [1.807, 2.05) is 26.1 Å². The number of ether oxygens (including phenoxy) is 1. The van der Waals surface area contributed by atoms with E-state index in [1.165, 1.54) is 5.56 Å². The highest BCUT2D eigenvalue weighted by atomic mass is 16.5. The zero-order valence-corrected chi connectivity index (χ0v) is 9.98. The van der Waals surface area contributed by atoms with Gasteiger partial charge in [-0.3, -0.25) is 9.78 Å². The minimum atomic E-state index is -0.0892. The van der Waals surface area contributed by atoms with Crippen LogP contribution in [0.15, 0.2) is 24.5 Å². The molecule has 0 bridgehead atoms. The molecule has 0 saturated heterocycles. The van der Waals surface area contributed by atoms with Crippen molar-refractivity contribution in [3.63, 3.8) is 0 Å². The molecule has 1 heterocycles. The van der Waals surface area contributed by atoms with Crippen LogP contribution in [0, 0.1) is 5.92 Å². The zero-order chi connectivity index (χ0) is 11.8. The molecule has 88 valence electrons. The first-order valence-electron chi connectivity index (χ1n) is 5.79. The highest BCUT2D eigenvalue weighted by Gasteiger charge is 2.12. The Labute approximate surface area is 96.8 Å². The van der Waals surface area contributed by atoms with Gasteiger partial charge in [-0.2, -0.15) is 0 Å². The summed E-state index contributed by atoms with van der Waals surface area (Å²) >= 11 is 0. The third-order valence-corrected chi connectivity index (χ3v) is 2.51. The van der Waals surface area contributed by atoms with Crippen molar-refractivity contribution in [1.82, 2.24) is 4.98 Å². The number of hydrogen-bond donors (Lipinski definition) is 0. The van der Waals surface area contributed by atoms with Gasteiger partial charge in [0.25, 0.3) is 0 Å². The van der Waals surface area contributed by atoms with Crippen molar-refractivity contribution in [2.24, 2.45) is 5.92 Å². The summed E-state index contributed by atoms with van der Waals surface area (Å²) in [7, 11) is 0. The molecule has 0 spiro atoms. The van der Waals surface area contributed by atoms with Gasteiger partial charge in [-0.15, -0.1) is 0 Å². The first-order valence-corrected chi connectivity index (χ1v) is 5.79. The molecule has 1 rings (SSSR count). The van der Waals surface area contributed by atoms with Gasteiger partial charge >= 0.3 is 5.97 Å². The normalized spacial score (nSPS) is 12.1. The summed E-state index contributed by atoms with van der Waals surface area (Å²) in [6, 6.07) is 3.99. The Bertz CT molecular complexity index is 311. The molecule has 0 amide bonds. The van der Waals surface area contributed by atoms with Crippen LogP contribution in [0.25, 0.3) is 0 Å². The molecule has 1 aromatic heterocycles. The van der Waals surface area contributed by atoms with Gasteiger partial charge in [0.2, 0.25) is 0 Å². The minimum Gasteiger partial charge on any atom is -0.466 e. The van der Waals surface area contributed by atoms with Gasteiger partial charge in [-0.25, -0.2) is 0 Å². The van der Waals surface area contributed by atoms with Gasteiger partial charge < -0.3 is 4.74 Å². The van der Waals surface area contributed by atoms with Crippen LogP contribution in [0.4, 0.5) is 0 Å². The Morgan fingerprint density at radius 2 is 2.38 bits per heavy atom. The van der Waals surface area contributed by atoms with Gasteiger partial charge in [0.05, 0.1) is 12.5 Å². The van der Waals surface area contributed by atoms with E-state index < -0.39 is 0 Å². The summed E-state index contributed by atoms with van der Waals surface area (Å²) in [5.74, 6) is -0.0923. The minimum absolute atomic E-state index is 0.00313. The monoisotopic (exact) mass is 221 g/mol. The maximum absolute atomic E-state index is 11.4. The first-order chi connectivity index (χ1) is 7.74. The van der Waals surface area contributed by atoms with Crippen molar-refractivity contribution in [3.05, 3.63) is 30.1 Å². The molecule has 0 saturated carbocycles. The van der Waals surface area contributed by atoms with Gasteiger partial charge in [0.15, 0.2) is 0 Å². The molecule has 1 aromatic rings. The molecule has 0 unspecified atom stereocenters. The summed E-state index contributed by atoms with van der Waals surface area (Å²) < 4.78 is 4.96. The Morgan fingerprint density at radius 3 is 3.00 bits per heavy atom. The van der Waals surface area contributed by atoms with Crippen LogP contribution >= 0.6 is 0 Å². The van der Waals surface area contributed by atoms with Crippen molar-refractivity contribution in [2.45, 2.75) is 33.1 Å². The van der Waals surface area contributed by atoms with Crippen LogP contribution < -0.4 is 0 Å². The van der Waals surface area contributed by atoms with E-state index >= 15 is 0 Å².